The van der Waals surface area contributed by atoms with Gasteiger partial charge in [0.25, 0.3) is 0 Å². The highest BCUT2D eigenvalue weighted by molar-refractivity contribution is 6.27. The first-order valence-corrected chi connectivity index (χ1v) is 6.65. The van der Waals surface area contributed by atoms with Gasteiger partial charge in [-0.25, -0.2) is 0 Å². The van der Waals surface area contributed by atoms with E-state index in [1.165, 1.54) is 21.3 Å². The molecular weight excluding hydrogens is 224 g/mol. The van der Waals surface area contributed by atoms with Crippen LogP contribution in [0.4, 0.5) is 0 Å². The summed E-state index contributed by atoms with van der Waals surface area (Å²) in [5.41, 5.74) is 0. The standard InChI is InChI=1S/C8H19ClO4Si/c1-10-8(11-2,12-3)7-13-14-6-4-5-9/h4-7,14H2,1-3H3. The van der Waals surface area contributed by atoms with Crippen molar-refractivity contribution in [3.8, 4) is 0 Å². The summed E-state index contributed by atoms with van der Waals surface area (Å²) < 4.78 is 20.7. The molecule has 6 heteroatoms. The topological polar surface area (TPSA) is 36.9 Å². The first-order chi connectivity index (χ1) is 6.74. The molecule has 0 atom stereocenters. The first-order valence-electron chi connectivity index (χ1n) is 4.54. The van der Waals surface area contributed by atoms with Gasteiger partial charge in [-0.2, -0.15) is 0 Å². The quantitative estimate of drug-likeness (QED) is 0.259. The molecule has 0 aromatic heterocycles. The highest BCUT2D eigenvalue weighted by Crippen LogP contribution is 2.12. The van der Waals surface area contributed by atoms with Crippen LogP contribution < -0.4 is 0 Å². The second-order valence-electron chi connectivity index (χ2n) is 2.74. The van der Waals surface area contributed by atoms with E-state index in [-0.39, 0.29) is 0 Å². The van der Waals surface area contributed by atoms with Crippen LogP contribution in [-0.4, -0.2) is 49.6 Å². The lowest BCUT2D eigenvalue weighted by Crippen LogP contribution is -2.41. The SMILES string of the molecule is COC(CO[SiH2]CCCCl)(OC)OC. The van der Waals surface area contributed by atoms with Crippen molar-refractivity contribution in [3.05, 3.63) is 0 Å². The molecular formula is C8H19ClO4Si. The molecule has 0 aliphatic rings. The summed E-state index contributed by atoms with van der Waals surface area (Å²) in [4.78, 5) is 0. The fraction of sp³-hybridized carbons (Fsp3) is 1.00. The highest BCUT2D eigenvalue weighted by atomic mass is 35.5. The summed E-state index contributed by atoms with van der Waals surface area (Å²) in [7, 11) is 4.04. The van der Waals surface area contributed by atoms with Crippen molar-refractivity contribution in [1.82, 2.24) is 0 Å². The lowest BCUT2D eigenvalue weighted by molar-refractivity contribution is -0.361. The number of methoxy groups -OCH3 is 3. The van der Waals surface area contributed by atoms with Crippen molar-refractivity contribution < 1.29 is 18.6 Å². The van der Waals surface area contributed by atoms with Crippen LogP contribution in [0.1, 0.15) is 6.42 Å². The fourth-order valence-corrected chi connectivity index (χ4v) is 2.48. The highest BCUT2D eigenvalue weighted by Gasteiger charge is 2.29. The van der Waals surface area contributed by atoms with Gasteiger partial charge in [-0.15, -0.1) is 11.6 Å². The van der Waals surface area contributed by atoms with E-state index in [9.17, 15) is 0 Å². The molecule has 0 radical (unpaired) electrons. The van der Waals surface area contributed by atoms with Gasteiger partial charge in [0.05, 0.1) is 0 Å². The molecule has 0 aliphatic carbocycles. The zero-order valence-corrected chi connectivity index (χ0v) is 11.2. The van der Waals surface area contributed by atoms with E-state index in [2.05, 4.69) is 0 Å². The summed E-state index contributed by atoms with van der Waals surface area (Å²) in [5.74, 6) is -0.353. The lowest BCUT2D eigenvalue weighted by atomic mass is 10.6. The smallest absolute Gasteiger partial charge is 0.305 e. The van der Waals surface area contributed by atoms with E-state index >= 15 is 0 Å². The Bertz CT molecular complexity index is 124. The van der Waals surface area contributed by atoms with Crippen molar-refractivity contribution in [2.24, 2.45) is 0 Å². The third kappa shape index (κ3) is 5.28. The van der Waals surface area contributed by atoms with Crippen LogP contribution in [0.3, 0.4) is 0 Å². The Morgan fingerprint density at radius 1 is 1.14 bits per heavy atom. The minimum atomic E-state index is -1.05. The molecule has 0 rings (SSSR count). The molecule has 0 saturated heterocycles. The normalized spacial score (nSPS) is 12.9. The molecule has 0 spiro atoms. The molecule has 0 N–H and O–H groups in total. The van der Waals surface area contributed by atoms with Gasteiger partial charge in [-0.1, -0.05) is 0 Å². The number of alkyl halides is 1. The van der Waals surface area contributed by atoms with Crippen LogP contribution in [0, 0.1) is 0 Å². The Hall–Kier alpha value is 0.347. The zero-order chi connectivity index (χ0) is 10.9. The summed E-state index contributed by atoms with van der Waals surface area (Å²) in [6, 6.07) is 1.07. The molecule has 0 fully saturated rings. The minimum absolute atomic E-state index is 0.311. The van der Waals surface area contributed by atoms with Crippen LogP contribution in [0.5, 0.6) is 0 Å². The maximum Gasteiger partial charge on any atom is 0.305 e. The maximum absolute atomic E-state index is 5.54. The van der Waals surface area contributed by atoms with Gasteiger partial charge in [0.1, 0.15) is 6.61 Å². The molecule has 0 aliphatic heterocycles. The van der Waals surface area contributed by atoms with E-state index in [0.717, 1.165) is 12.5 Å². The Morgan fingerprint density at radius 2 is 1.71 bits per heavy atom. The van der Waals surface area contributed by atoms with Crippen LogP contribution in [0.15, 0.2) is 0 Å². The molecule has 0 aromatic carbocycles. The number of ether oxygens (including phenoxy) is 3. The van der Waals surface area contributed by atoms with Crippen molar-refractivity contribution in [1.29, 1.82) is 0 Å². The van der Waals surface area contributed by atoms with E-state index in [0.29, 0.717) is 12.5 Å². The Kier molecular flexibility index (Phi) is 8.85. The van der Waals surface area contributed by atoms with Crippen molar-refractivity contribution >= 4 is 21.4 Å². The zero-order valence-electron chi connectivity index (χ0n) is 9.05. The van der Waals surface area contributed by atoms with Gasteiger partial charge in [0.15, 0.2) is 9.76 Å². The van der Waals surface area contributed by atoms with Crippen molar-refractivity contribution in [2.75, 3.05) is 33.8 Å². The van der Waals surface area contributed by atoms with Gasteiger partial charge < -0.3 is 18.6 Å². The Balaban J connectivity index is 3.61. The molecule has 0 amide bonds. The molecule has 4 nitrogen and oxygen atoms in total. The average molecular weight is 243 g/mol. The second kappa shape index (κ2) is 8.64. The number of hydrogen-bond donors (Lipinski definition) is 0. The largest absolute Gasteiger partial charge is 0.416 e. The van der Waals surface area contributed by atoms with Crippen LogP contribution in [-0.2, 0) is 18.6 Å². The summed E-state index contributed by atoms with van der Waals surface area (Å²) in [5, 5.41) is 0. The molecule has 0 aromatic rings. The maximum atomic E-state index is 5.54. The van der Waals surface area contributed by atoms with Gasteiger partial charge in [0, 0.05) is 27.2 Å². The van der Waals surface area contributed by atoms with Gasteiger partial charge in [-0.05, 0) is 12.5 Å². The van der Waals surface area contributed by atoms with Crippen LogP contribution >= 0.6 is 11.6 Å². The number of rotatable bonds is 9. The van der Waals surface area contributed by atoms with Gasteiger partial charge in [-0.3, -0.25) is 0 Å². The second-order valence-corrected chi connectivity index (χ2v) is 4.65. The summed E-state index contributed by atoms with van der Waals surface area (Å²) in [6.45, 7) is 0.311. The Labute approximate surface area is 92.7 Å². The van der Waals surface area contributed by atoms with E-state index in [4.69, 9.17) is 30.2 Å². The summed E-state index contributed by atoms with van der Waals surface area (Å²) >= 11 is 5.54. The van der Waals surface area contributed by atoms with E-state index in [1.54, 1.807) is 0 Å². The van der Waals surface area contributed by atoms with Crippen molar-refractivity contribution in [3.63, 3.8) is 0 Å². The van der Waals surface area contributed by atoms with E-state index < -0.39 is 15.7 Å². The predicted octanol–water partition coefficient (Wildman–Crippen LogP) is 0.727. The molecule has 0 unspecified atom stereocenters. The van der Waals surface area contributed by atoms with E-state index in [1.807, 2.05) is 0 Å². The average Bonchev–Trinajstić information content (AvgIpc) is 2.24. The summed E-state index contributed by atoms with van der Waals surface area (Å²) in [6.07, 6.45) is 1.01. The third-order valence-corrected chi connectivity index (χ3v) is 3.43. The molecule has 0 heterocycles. The first kappa shape index (κ1) is 14.3. The number of hydrogen-bond acceptors (Lipinski definition) is 4. The molecule has 14 heavy (non-hydrogen) atoms. The molecule has 0 bridgehead atoms. The number of halogens is 1. The molecule has 86 valence electrons. The third-order valence-electron chi connectivity index (χ3n) is 1.88. The van der Waals surface area contributed by atoms with Crippen LogP contribution in [0.2, 0.25) is 6.04 Å². The lowest BCUT2D eigenvalue weighted by Gasteiger charge is -2.28. The van der Waals surface area contributed by atoms with Crippen LogP contribution in [0.25, 0.3) is 0 Å². The van der Waals surface area contributed by atoms with Crippen molar-refractivity contribution in [2.45, 2.75) is 18.4 Å². The van der Waals surface area contributed by atoms with Gasteiger partial charge >= 0.3 is 5.97 Å². The Morgan fingerprint density at radius 3 is 2.14 bits per heavy atom. The fourth-order valence-electron chi connectivity index (χ4n) is 0.923. The monoisotopic (exact) mass is 242 g/mol. The molecule has 0 saturated carbocycles. The predicted molar refractivity (Wildman–Crippen MR) is 58.4 cm³/mol. The minimum Gasteiger partial charge on any atom is -0.416 e. The van der Waals surface area contributed by atoms with Gasteiger partial charge in [0.2, 0.25) is 0 Å².